The monoisotopic (exact) mass is 387 g/mol. The number of benzene rings is 2. The molecule has 0 aliphatic carbocycles. The first-order chi connectivity index (χ1) is 14.3. The standard InChI is InChI=1S/C21H21N7O/c22-21-20-19(25-13-26-21)18(17-12-23-10-11-24-17)27-28(20)14-6-8-16(9-7-14)29-15-4-2-1-3-5-15/h1-9,13,17,23-24H,10-12H2,(H2,22,25,26). The van der Waals surface area contributed by atoms with E-state index in [1.165, 1.54) is 6.33 Å². The maximum Gasteiger partial charge on any atom is 0.153 e. The van der Waals surface area contributed by atoms with E-state index in [-0.39, 0.29) is 6.04 Å². The van der Waals surface area contributed by atoms with Crippen LogP contribution in [0.25, 0.3) is 16.7 Å². The summed E-state index contributed by atoms with van der Waals surface area (Å²) in [5, 5.41) is 11.7. The van der Waals surface area contributed by atoms with Crippen molar-refractivity contribution >= 4 is 16.9 Å². The molecule has 8 heteroatoms. The van der Waals surface area contributed by atoms with Gasteiger partial charge in [0, 0.05) is 19.6 Å². The number of nitrogen functional groups attached to an aromatic ring is 1. The molecule has 2 aromatic heterocycles. The van der Waals surface area contributed by atoms with Crippen LogP contribution in [0, 0.1) is 0 Å². The van der Waals surface area contributed by atoms with E-state index < -0.39 is 0 Å². The summed E-state index contributed by atoms with van der Waals surface area (Å²) in [6, 6.07) is 17.5. The van der Waals surface area contributed by atoms with Gasteiger partial charge < -0.3 is 21.1 Å². The number of anilines is 1. The van der Waals surface area contributed by atoms with Gasteiger partial charge in [-0.25, -0.2) is 14.6 Å². The van der Waals surface area contributed by atoms with Gasteiger partial charge in [0.15, 0.2) is 5.82 Å². The highest BCUT2D eigenvalue weighted by molar-refractivity contribution is 5.88. The number of nitrogens with one attached hydrogen (secondary N) is 2. The number of hydrogen-bond acceptors (Lipinski definition) is 7. The molecule has 0 spiro atoms. The van der Waals surface area contributed by atoms with Crippen LogP contribution in [-0.2, 0) is 0 Å². The molecule has 1 aliphatic rings. The number of hydrogen-bond donors (Lipinski definition) is 3. The Labute approximate surface area is 167 Å². The molecule has 146 valence electrons. The largest absolute Gasteiger partial charge is 0.457 e. The van der Waals surface area contributed by atoms with E-state index >= 15 is 0 Å². The molecule has 4 N–H and O–H groups in total. The van der Waals surface area contributed by atoms with Crippen LogP contribution < -0.4 is 21.1 Å². The fourth-order valence-electron chi connectivity index (χ4n) is 3.54. The van der Waals surface area contributed by atoms with Gasteiger partial charge in [-0.15, -0.1) is 0 Å². The molecule has 0 amide bonds. The molecular weight excluding hydrogens is 366 g/mol. The van der Waals surface area contributed by atoms with Crippen LogP contribution in [-0.4, -0.2) is 39.4 Å². The van der Waals surface area contributed by atoms with Gasteiger partial charge in [-0.1, -0.05) is 18.2 Å². The number of nitrogens with two attached hydrogens (primary N) is 1. The van der Waals surface area contributed by atoms with Crippen LogP contribution in [0.1, 0.15) is 11.7 Å². The summed E-state index contributed by atoms with van der Waals surface area (Å²) in [5.74, 6) is 1.95. The zero-order chi connectivity index (χ0) is 19.6. The minimum atomic E-state index is 0.0717. The first kappa shape index (κ1) is 17.6. The second-order valence-electron chi connectivity index (χ2n) is 6.87. The Kier molecular flexibility index (Phi) is 4.55. The van der Waals surface area contributed by atoms with E-state index in [9.17, 15) is 0 Å². The average Bonchev–Trinajstić information content (AvgIpc) is 3.17. The van der Waals surface area contributed by atoms with Crippen LogP contribution in [0.3, 0.4) is 0 Å². The lowest BCUT2D eigenvalue weighted by molar-refractivity contribution is 0.423. The van der Waals surface area contributed by atoms with Gasteiger partial charge in [0.25, 0.3) is 0 Å². The van der Waals surface area contributed by atoms with Gasteiger partial charge in [0.2, 0.25) is 0 Å². The molecule has 5 rings (SSSR count). The van der Waals surface area contributed by atoms with E-state index in [1.54, 1.807) is 0 Å². The predicted octanol–water partition coefficient (Wildman–Crippen LogP) is 2.42. The Bertz CT molecular complexity index is 1120. The van der Waals surface area contributed by atoms with Crippen LogP contribution in [0.15, 0.2) is 60.9 Å². The summed E-state index contributed by atoms with van der Waals surface area (Å²) in [6.45, 7) is 2.61. The smallest absolute Gasteiger partial charge is 0.153 e. The lowest BCUT2D eigenvalue weighted by Gasteiger charge is -2.22. The van der Waals surface area contributed by atoms with E-state index in [0.717, 1.165) is 48.0 Å². The Morgan fingerprint density at radius 1 is 0.966 bits per heavy atom. The topological polar surface area (TPSA) is 103 Å². The number of rotatable bonds is 4. The van der Waals surface area contributed by atoms with Crippen molar-refractivity contribution in [2.45, 2.75) is 6.04 Å². The van der Waals surface area contributed by atoms with Gasteiger partial charge in [0.1, 0.15) is 34.6 Å². The maximum absolute atomic E-state index is 6.20. The van der Waals surface area contributed by atoms with Crippen molar-refractivity contribution in [3.8, 4) is 17.2 Å². The summed E-state index contributed by atoms with van der Waals surface area (Å²) in [6.07, 6.45) is 1.49. The third-order valence-electron chi connectivity index (χ3n) is 4.94. The molecule has 1 fully saturated rings. The van der Waals surface area contributed by atoms with Crippen molar-refractivity contribution in [1.82, 2.24) is 30.4 Å². The fourth-order valence-corrected chi connectivity index (χ4v) is 3.54. The van der Waals surface area contributed by atoms with Crippen molar-refractivity contribution in [3.05, 3.63) is 66.6 Å². The van der Waals surface area contributed by atoms with Gasteiger partial charge in [0.05, 0.1) is 11.7 Å². The molecule has 1 saturated heterocycles. The normalized spacial score (nSPS) is 16.8. The molecular formula is C21H21N7O. The summed E-state index contributed by atoms with van der Waals surface area (Å²) < 4.78 is 7.69. The van der Waals surface area contributed by atoms with Crippen LogP contribution in [0.2, 0.25) is 0 Å². The average molecular weight is 387 g/mol. The first-order valence-corrected chi connectivity index (χ1v) is 9.56. The van der Waals surface area contributed by atoms with Crippen LogP contribution in [0.4, 0.5) is 5.82 Å². The summed E-state index contributed by atoms with van der Waals surface area (Å²) in [5.41, 5.74) is 9.41. The quantitative estimate of drug-likeness (QED) is 0.494. The minimum absolute atomic E-state index is 0.0717. The van der Waals surface area contributed by atoms with Crippen molar-refractivity contribution in [2.75, 3.05) is 25.4 Å². The molecule has 0 radical (unpaired) electrons. The Balaban J connectivity index is 1.52. The molecule has 1 unspecified atom stereocenters. The molecule has 3 heterocycles. The maximum atomic E-state index is 6.20. The van der Waals surface area contributed by atoms with Crippen LogP contribution >= 0.6 is 0 Å². The number of para-hydroxylation sites is 1. The first-order valence-electron chi connectivity index (χ1n) is 9.56. The molecule has 29 heavy (non-hydrogen) atoms. The van der Waals surface area contributed by atoms with Gasteiger partial charge in [-0.05, 0) is 36.4 Å². The highest BCUT2D eigenvalue weighted by atomic mass is 16.5. The second-order valence-corrected chi connectivity index (χ2v) is 6.87. The Hall–Kier alpha value is -3.49. The summed E-state index contributed by atoms with van der Waals surface area (Å²) in [4.78, 5) is 8.64. The van der Waals surface area contributed by atoms with E-state index in [2.05, 4.69) is 20.6 Å². The molecule has 0 saturated carbocycles. The Morgan fingerprint density at radius 2 is 1.76 bits per heavy atom. The van der Waals surface area contributed by atoms with Crippen molar-refractivity contribution < 1.29 is 4.74 Å². The molecule has 4 aromatic rings. The predicted molar refractivity (Wildman–Crippen MR) is 111 cm³/mol. The van der Waals surface area contributed by atoms with E-state index in [4.69, 9.17) is 15.6 Å². The van der Waals surface area contributed by atoms with Crippen LogP contribution in [0.5, 0.6) is 11.5 Å². The Morgan fingerprint density at radius 3 is 2.52 bits per heavy atom. The lowest BCUT2D eigenvalue weighted by Crippen LogP contribution is -2.42. The van der Waals surface area contributed by atoms with Crippen molar-refractivity contribution in [3.63, 3.8) is 0 Å². The molecule has 8 nitrogen and oxygen atoms in total. The number of aromatic nitrogens is 4. The highest BCUT2D eigenvalue weighted by Crippen LogP contribution is 2.29. The highest BCUT2D eigenvalue weighted by Gasteiger charge is 2.24. The number of fused-ring (bicyclic) bond motifs is 1. The van der Waals surface area contributed by atoms with Crippen molar-refractivity contribution in [1.29, 1.82) is 0 Å². The zero-order valence-corrected chi connectivity index (χ0v) is 15.7. The second kappa shape index (κ2) is 7.50. The summed E-state index contributed by atoms with van der Waals surface area (Å²) >= 11 is 0. The number of piperazine rings is 1. The molecule has 2 aromatic carbocycles. The molecule has 1 aliphatic heterocycles. The number of nitrogens with zero attached hydrogens (tertiary/aromatic N) is 4. The van der Waals surface area contributed by atoms with Gasteiger partial charge in [-0.3, -0.25) is 0 Å². The van der Waals surface area contributed by atoms with E-state index in [0.29, 0.717) is 11.3 Å². The number of ether oxygens (including phenoxy) is 1. The third kappa shape index (κ3) is 3.39. The SMILES string of the molecule is Nc1ncnc2c(C3CNCCN3)nn(-c3ccc(Oc4ccccc4)cc3)c12. The molecule has 0 bridgehead atoms. The fraction of sp³-hybridized carbons (Fsp3) is 0.190. The third-order valence-corrected chi connectivity index (χ3v) is 4.94. The minimum Gasteiger partial charge on any atom is -0.457 e. The summed E-state index contributed by atoms with van der Waals surface area (Å²) in [7, 11) is 0. The zero-order valence-electron chi connectivity index (χ0n) is 15.7. The lowest BCUT2D eigenvalue weighted by atomic mass is 10.1. The van der Waals surface area contributed by atoms with Gasteiger partial charge >= 0.3 is 0 Å². The van der Waals surface area contributed by atoms with E-state index in [1.807, 2.05) is 59.3 Å². The van der Waals surface area contributed by atoms with Gasteiger partial charge in [-0.2, -0.15) is 5.10 Å². The van der Waals surface area contributed by atoms with Crippen molar-refractivity contribution in [2.24, 2.45) is 0 Å². The molecule has 1 atom stereocenters.